The molecule has 0 radical (unpaired) electrons. The number of carbonyl (C=O) groups is 1. The summed E-state index contributed by atoms with van der Waals surface area (Å²) >= 11 is 6.27. The Morgan fingerprint density at radius 1 is 1.08 bits per heavy atom. The molecule has 0 saturated carbocycles. The van der Waals surface area contributed by atoms with Crippen molar-refractivity contribution < 1.29 is 13.9 Å². The van der Waals surface area contributed by atoms with Crippen LogP contribution in [0.25, 0.3) is 22.8 Å². The van der Waals surface area contributed by atoms with Crippen molar-refractivity contribution in [2.45, 2.75) is 13.8 Å². The van der Waals surface area contributed by atoms with Gasteiger partial charge in [0.2, 0.25) is 0 Å². The number of aromatic nitrogens is 3. The van der Waals surface area contributed by atoms with E-state index in [0.717, 1.165) is 0 Å². The highest BCUT2D eigenvalue weighted by Gasteiger charge is 2.15. The Morgan fingerprint density at radius 2 is 1.81 bits per heavy atom. The lowest BCUT2D eigenvalue weighted by Crippen LogP contribution is -2.02. The van der Waals surface area contributed by atoms with Crippen molar-refractivity contribution in [3.8, 4) is 28.8 Å². The van der Waals surface area contributed by atoms with Crippen molar-refractivity contribution >= 4 is 17.4 Å². The van der Waals surface area contributed by atoms with Crippen LogP contribution in [0.2, 0.25) is 5.02 Å². The number of ether oxygens (including phenoxy) is 1. The number of aryl methyl sites for hydroxylation is 1. The maximum Gasteiger partial charge on any atom is 0.320 e. The number of methoxy groups -OCH3 is 1. The van der Waals surface area contributed by atoms with Gasteiger partial charge >= 0.3 is 6.01 Å². The molecule has 0 N–H and O–H groups in total. The maximum absolute atomic E-state index is 13.5. The number of ketones is 1. The summed E-state index contributed by atoms with van der Waals surface area (Å²) in [6, 6.07) is 9.54. The topological polar surface area (TPSA) is 65.0 Å². The van der Waals surface area contributed by atoms with Gasteiger partial charge in [0.15, 0.2) is 17.4 Å². The highest BCUT2D eigenvalue weighted by Crippen LogP contribution is 2.29. The highest BCUT2D eigenvalue weighted by molar-refractivity contribution is 6.33. The molecule has 0 atom stereocenters. The molecule has 0 aliphatic rings. The van der Waals surface area contributed by atoms with Crippen LogP contribution < -0.4 is 4.74 Å². The molecule has 0 fully saturated rings. The Bertz CT molecular complexity index is 1010. The Morgan fingerprint density at radius 3 is 2.46 bits per heavy atom. The van der Waals surface area contributed by atoms with Crippen molar-refractivity contribution in [1.82, 2.24) is 15.0 Å². The molecule has 0 unspecified atom stereocenters. The van der Waals surface area contributed by atoms with Gasteiger partial charge in [-0.25, -0.2) is 9.37 Å². The number of Topliss-reactive ketones (excluding diaryl/α,β-unsaturated/α-hetero) is 1. The molecule has 7 heteroatoms. The van der Waals surface area contributed by atoms with Crippen LogP contribution in [0, 0.1) is 12.7 Å². The van der Waals surface area contributed by atoms with Gasteiger partial charge in [0, 0.05) is 16.7 Å². The summed E-state index contributed by atoms with van der Waals surface area (Å²) in [5, 5.41) is 0.393. The SMILES string of the molecule is COc1nc(-c2ccc(F)c(C)c2)nc(-c2cc(C(C)=O)ccc2Cl)n1. The summed E-state index contributed by atoms with van der Waals surface area (Å²) in [6.45, 7) is 3.12. The number of halogens is 2. The van der Waals surface area contributed by atoms with Gasteiger partial charge in [-0.15, -0.1) is 0 Å². The molecule has 1 heterocycles. The maximum atomic E-state index is 13.5. The summed E-state index contributed by atoms with van der Waals surface area (Å²) in [5.41, 5.74) is 2.06. The average molecular weight is 372 g/mol. The van der Waals surface area contributed by atoms with Gasteiger partial charge in [-0.05, 0) is 55.8 Å². The minimum atomic E-state index is -0.313. The summed E-state index contributed by atoms with van der Waals surface area (Å²) in [6.07, 6.45) is 0. The van der Waals surface area contributed by atoms with E-state index in [1.165, 1.54) is 20.1 Å². The molecule has 0 bridgehead atoms. The second kappa shape index (κ2) is 7.17. The molecule has 0 saturated heterocycles. The number of carbonyl (C=O) groups excluding carboxylic acids is 1. The molecule has 132 valence electrons. The third-order valence-corrected chi connectivity index (χ3v) is 4.16. The first-order valence-corrected chi connectivity index (χ1v) is 8.14. The first-order valence-electron chi connectivity index (χ1n) is 7.76. The predicted octanol–water partition coefficient (Wildman–Crippen LogP) is 4.52. The number of hydrogen-bond donors (Lipinski definition) is 0. The Labute approximate surface area is 154 Å². The third kappa shape index (κ3) is 3.55. The van der Waals surface area contributed by atoms with E-state index in [2.05, 4.69) is 15.0 Å². The standard InChI is InChI=1S/C19H15ClFN3O2/c1-10-8-13(5-7-16(10)21)17-22-18(24-19(23-17)26-3)14-9-12(11(2)25)4-6-15(14)20/h4-9H,1-3H3. The van der Waals surface area contributed by atoms with Gasteiger partial charge in [-0.3, -0.25) is 4.79 Å². The van der Waals surface area contributed by atoms with E-state index in [0.29, 0.717) is 33.1 Å². The number of rotatable bonds is 4. The molecule has 3 rings (SSSR count). The van der Waals surface area contributed by atoms with Crippen LogP contribution in [-0.4, -0.2) is 27.8 Å². The molecular formula is C19H15ClFN3O2. The Kier molecular flexibility index (Phi) is 4.95. The smallest absolute Gasteiger partial charge is 0.320 e. The van der Waals surface area contributed by atoms with Crippen LogP contribution in [-0.2, 0) is 0 Å². The van der Waals surface area contributed by atoms with E-state index >= 15 is 0 Å². The first-order chi connectivity index (χ1) is 12.4. The second-order valence-electron chi connectivity index (χ2n) is 5.68. The fourth-order valence-electron chi connectivity index (χ4n) is 2.40. The van der Waals surface area contributed by atoms with Crippen LogP contribution in [0.1, 0.15) is 22.8 Å². The number of nitrogens with zero attached hydrogens (tertiary/aromatic N) is 3. The number of hydrogen-bond acceptors (Lipinski definition) is 5. The molecule has 1 aromatic heterocycles. The Balaban J connectivity index is 2.19. The monoisotopic (exact) mass is 371 g/mol. The van der Waals surface area contributed by atoms with Gasteiger partial charge in [-0.1, -0.05) is 11.6 Å². The molecule has 26 heavy (non-hydrogen) atoms. The minimum absolute atomic E-state index is 0.0938. The fourth-order valence-corrected chi connectivity index (χ4v) is 2.60. The van der Waals surface area contributed by atoms with E-state index in [1.807, 2.05) is 0 Å². The largest absolute Gasteiger partial charge is 0.467 e. The van der Waals surface area contributed by atoms with Crippen LogP contribution in [0.15, 0.2) is 36.4 Å². The Hall–Kier alpha value is -2.86. The average Bonchev–Trinajstić information content (AvgIpc) is 2.63. The van der Waals surface area contributed by atoms with E-state index in [-0.39, 0.29) is 23.4 Å². The van der Waals surface area contributed by atoms with Gasteiger partial charge in [0.05, 0.1) is 12.1 Å². The molecule has 0 amide bonds. The zero-order valence-electron chi connectivity index (χ0n) is 14.4. The second-order valence-corrected chi connectivity index (χ2v) is 6.09. The van der Waals surface area contributed by atoms with E-state index in [9.17, 15) is 9.18 Å². The minimum Gasteiger partial charge on any atom is -0.467 e. The normalized spacial score (nSPS) is 10.7. The number of benzene rings is 2. The summed E-state index contributed by atoms with van der Waals surface area (Å²) in [4.78, 5) is 24.6. The first kappa shape index (κ1) is 17.9. The van der Waals surface area contributed by atoms with Crippen LogP contribution in [0.4, 0.5) is 4.39 Å². The zero-order chi connectivity index (χ0) is 18.8. The summed E-state index contributed by atoms with van der Waals surface area (Å²) in [7, 11) is 1.44. The van der Waals surface area contributed by atoms with Gasteiger partial charge in [0.1, 0.15) is 5.82 Å². The van der Waals surface area contributed by atoms with Crippen molar-refractivity contribution in [1.29, 1.82) is 0 Å². The summed E-state index contributed by atoms with van der Waals surface area (Å²) < 4.78 is 18.7. The van der Waals surface area contributed by atoms with Gasteiger partial charge in [-0.2, -0.15) is 9.97 Å². The molecular weight excluding hydrogens is 357 g/mol. The molecule has 3 aromatic rings. The fraction of sp³-hybridized carbons (Fsp3) is 0.158. The molecule has 2 aromatic carbocycles. The van der Waals surface area contributed by atoms with Crippen LogP contribution in [0.5, 0.6) is 6.01 Å². The summed E-state index contributed by atoms with van der Waals surface area (Å²) in [5.74, 6) is 0.173. The molecule has 5 nitrogen and oxygen atoms in total. The van der Waals surface area contributed by atoms with Crippen molar-refractivity contribution in [2.24, 2.45) is 0 Å². The van der Waals surface area contributed by atoms with Crippen molar-refractivity contribution in [2.75, 3.05) is 7.11 Å². The van der Waals surface area contributed by atoms with Crippen LogP contribution in [0.3, 0.4) is 0 Å². The van der Waals surface area contributed by atoms with Crippen molar-refractivity contribution in [3.05, 3.63) is 58.4 Å². The van der Waals surface area contributed by atoms with E-state index < -0.39 is 0 Å². The van der Waals surface area contributed by atoms with E-state index in [4.69, 9.17) is 16.3 Å². The van der Waals surface area contributed by atoms with Crippen LogP contribution >= 0.6 is 11.6 Å². The molecule has 0 aliphatic heterocycles. The zero-order valence-corrected chi connectivity index (χ0v) is 15.1. The third-order valence-electron chi connectivity index (χ3n) is 3.83. The quantitative estimate of drug-likeness (QED) is 0.631. The lowest BCUT2D eigenvalue weighted by Gasteiger charge is -2.09. The predicted molar refractivity (Wildman–Crippen MR) is 97.0 cm³/mol. The lowest BCUT2D eigenvalue weighted by molar-refractivity contribution is 0.101. The van der Waals surface area contributed by atoms with Gasteiger partial charge < -0.3 is 4.74 Å². The molecule has 0 aliphatic carbocycles. The highest BCUT2D eigenvalue weighted by atomic mass is 35.5. The molecule has 0 spiro atoms. The van der Waals surface area contributed by atoms with Crippen molar-refractivity contribution in [3.63, 3.8) is 0 Å². The van der Waals surface area contributed by atoms with Gasteiger partial charge in [0.25, 0.3) is 0 Å². The van der Waals surface area contributed by atoms with E-state index in [1.54, 1.807) is 37.3 Å². The lowest BCUT2D eigenvalue weighted by atomic mass is 10.1.